The first-order valence-corrected chi connectivity index (χ1v) is 8.44. The molecule has 0 aliphatic carbocycles. The zero-order valence-electron chi connectivity index (χ0n) is 13.8. The molecule has 0 spiro atoms. The minimum Gasteiger partial charge on any atom is -0.331 e. The fourth-order valence-corrected chi connectivity index (χ4v) is 3.27. The Labute approximate surface area is 154 Å². The van der Waals surface area contributed by atoms with Gasteiger partial charge >= 0.3 is 0 Å². The smallest absolute Gasteiger partial charge is 0.285 e. The number of nitrogens with one attached hydrogen (secondary N) is 1. The fraction of sp³-hybridized carbons (Fsp3) is 0.294. The molecule has 9 heteroatoms. The Balaban J connectivity index is 1.86. The summed E-state index contributed by atoms with van der Waals surface area (Å²) in [5.41, 5.74) is 0.120. The van der Waals surface area contributed by atoms with Gasteiger partial charge < -0.3 is 10.2 Å². The van der Waals surface area contributed by atoms with Gasteiger partial charge in [0.1, 0.15) is 6.54 Å². The Morgan fingerprint density at radius 1 is 1.31 bits per heavy atom. The van der Waals surface area contributed by atoms with Gasteiger partial charge in [-0.3, -0.25) is 24.3 Å². The van der Waals surface area contributed by atoms with Crippen LogP contribution < -0.4 is 10.9 Å². The van der Waals surface area contributed by atoms with Gasteiger partial charge in [-0.15, -0.1) is 0 Å². The first-order chi connectivity index (χ1) is 12.5. The molecule has 2 heterocycles. The second kappa shape index (κ2) is 7.67. The quantitative estimate of drug-likeness (QED) is 0.645. The van der Waals surface area contributed by atoms with E-state index in [1.165, 1.54) is 0 Å². The Hall–Kier alpha value is -2.71. The molecule has 1 atom stereocenters. The number of amides is 1. The van der Waals surface area contributed by atoms with Gasteiger partial charge in [-0.25, -0.2) is 0 Å². The zero-order valence-corrected chi connectivity index (χ0v) is 14.6. The van der Waals surface area contributed by atoms with Crippen LogP contribution in [-0.4, -0.2) is 39.9 Å². The van der Waals surface area contributed by atoms with Crippen LogP contribution in [0.4, 0.5) is 5.69 Å². The van der Waals surface area contributed by atoms with E-state index in [1.54, 1.807) is 11.0 Å². The van der Waals surface area contributed by atoms with Crippen LogP contribution in [-0.2, 0) is 11.3 Å². The lowest BCUT2D eigenvalue weighted by Gasteiger charge is -2.37. The maximum Gasteiger partial charge on any atom is 0.285 e. The van der Waals surface area contributed by atoms with E-state index in [0.29, 0.717) is 24.7 Å². The van der Waals surface area contributed by atoms with E-state index in [4.69, 9.17) is 11.6 Å². The molecule has 1 saturated heterocycles. The number of aromatic nitrogens is 1. The summed E-state index contributed by atoms with van der Waals surface area (Å²) in [5, 5.41) is 14.7. The molecule has 1 aromatic heterocycles. The summed E-state index contributed by atoms with van der Waals surface area (Å²) < 4.78 is 1.06. The van der Waals surface area contributed by atoms with Crippen molar-refractivity contribution in [3.8, 4) is 0 Å². The van der Waals surface area contributed by atoms with Crippen LogP contribution in [0.2, 0.25) is 5.02 Å². The average Bonchev–Trinajstić information content (AvgIpc) is 2.63. The number of piperazine rings is 1. The van der Waals surface area contributed by atoms with Crippen LogP contribution in [0.15, 0.2) is 47.4 Å². The van der Waals surface area contributed by atoms with E-state index in [0.717, 1.165) is 28.5 Å². The number of benzene rings is 1. The molecule has 0 bridgehead atoms. The maximum absolute atomic E-state index is 12.8. The number of nitro groups is 1. The highest BCUT2D eigenvalue weighted by atomic mass is 35.5. The molecular weight excluding hydrogens is 360 g/mol. The van der Waals surface area contributed by atoms with Crippen molar-refractivity contribution >= 4 is 23.2 Å². The predicted molar refractivity (Wildman–Crippen MR) is 96.1 cm³/mol. The van der Waals surface area contributed by atoms with Gasteiger partial charge in [0.05, 0.1) is 17.2 Å². The van der Waals surface area contributed by atoms with Gasteiger partial charge in [0, 0.05) is 36.8 Å². The topological polar surface area (TPSA) is 97.5 Å². The van der Waals surface area contributed by atoms with E-state index in [-0.39, 0.29) is 24.2 Å². The summed E-state index contributed by atoms with van der Waals surface area (Å²) in [4.78, 5) is 36.7. The van der Waals surface area contributed by atoms with Gasteiger partial charge in [0.2, 0.25) is 5.91 Å². The largest absolute Gasteiger partial charge is 0.331 e. The normalized spacial score (nSPS) is 17.1. The zero-order chi connectivity index (χ0) is 18.7. The predicted octanol–water partition coefficient (Wildman–Crippen LogP) is 1.58. The van der Waals surface area contributed by atoms with Crippen molar-refractivity contribution in [2.24, 2.45) is 0 Å². The summed E-state index contributed by atoms with van der Waals surface area (Å²) in [6.45, 7) is 1.36. The lowest BCUT2D eigenvalue weighted by Crippen LogP contribution is -2.50. The molecule has 0 radical (unpaired) electrons. The van der Waals surface area contributed by atoms with Gasteiger partial charge in [-0.05, 0) is 11.6 Å². The summed E-state index contributed by atoms with van der Waals surface area (Å²) in [7, 11) is 0. The Bertz CT molecular complexity index is 898. The molecule has 2 aromatic rings. The molecule has 1 amide bonds. The molecule has 3 rings (SSSR count). The monoisotopic (exact) mass is 376 g/mol. The van der Waals surface area contributed by atoms with Crippen molar-refractivity contribution in [3.63, 3.8) is 0 Å². The average molecular weight is 377 g/mol. The van der Waals surface area contributed by atoms with E-state index in [2.05, 4.69) is 5.32 Å². The SMILES string of the molecule is O=C(Cn1cc([N+](=O)[O-])ccc1=O)N1CCNCC1c1ccccc1Cl. The number of rotatable bonds is 4. The van der Waals surface area contributed by atoms with Crippen molar-refractivity contribution in [1.29, 1.82) is 0 Å². The summed E-state index contributed by atoms with van der Waals surface area (Å²) in [6, 6.07) is 9.24. The van der Waals surface area contributed by atoms with Crippen LogP contribution in [0, 0.1) is 10.1 Å². The number of hydrogen-bond donors (Lipinski definition) is 1. The van der Waals surface area contributed by atoms with E-state index in [9.17, 15) is 19.7 Å². The Morgan fingerprint density at radius 2 is 2.08 bits per heavy atom. The summed E-state index contributed by atoms with van der Waals surface area (Å²) in [6.07, 6.45) is 1.09. The van der Waals surface area contributed by atoms with Gasteiger partial charge in [-0.2, -0.15) is 0 Å². The Morgan fingerprint density at radius 3 is 2.81 bits per heavy atom. The number of nitrogens with zero attached hydrogens (tertiary/aromatic N) is 3. The molecule has 1 N–H and O–H groups in total. The first-order valence-electron chi connectivity index (χ1n) is 8.07. The summed E-state index contributed by atoms with van der Waals surface area (Å²) in [5.74, 6) is -0.293. The minimum absolute atomic E-state index is 0.236. The van der Waals surface area contributed by atoms with E-state index < -0.39 is 10.5 Å². The molecule has 1 unspecified atom stereocenters. The van der Waals surface area contributed by atoms with Crippen LogP contribution in [0.25, 0.3) is 0 Å². The molecule has 8 nitrogen and oxygen atoms in total. The molecule has 1 fully saturated rings. The number of halogens is 1. The highest BCUT2D eigenvalue weighted by Crippen LogP contribution is 2.28. The van der Waals surface area contributed by atoms with Crippen LogP contribution in [0.1, 0.15) is 11.6 Å². The third kappa shape index (κ3) is 3.76. The van der Waals surface area contributed by atoms with Gasteiger partial charge in [0.25, 0.3) is 11.2 Å². The highest BCUT2D eigenvalue weighted by molar-refractivity contribution is 6.31. The fourth-order valence-electron chi connectivity index (χ4n) is 3.01. The second-order valence-corrected chi connectivity index (χ2v) is 6.35. The first kappa shape index (κ1) is 18.1. The van der Waals surface area contributed by atoms with Crippen molar-refractivity contribution in [2.75, 3.05) is 19.6 Å². The minimum atomic E-state index is -0.599. The molecule has 0 saturated carbocycles. The molecule has 26 heavy (non-hydrogen) atoms. The molecule has 136 valence electrons. The van der Waals surface area contributed by atoms with Gasteiger partial charge in [0.15, 0.2) is 0 Å². The molecule has 1 aliphatic heterocycles. The highest BCUT2D eigenvalue weighted by Gasteiger charge is 2.29. The van der Waals surface area contributed by atoms with Crippen molar-refractivity contribution in [2.45, 2.75) is 12.6 Å². The molecule has 1 aliphatic rings. The lowest BCUT2D eigenvalue weighted by molar-refractivity contribution is -0.385. The van der Waals surface area contributed by atoms with Crippen LogP contribution in [0.5, 0.6) is 0 Å². The van der Waals surface area contributed by atoms with Crippen molar-refractivity contribution in [3.05, 3.63) is 73.6 Å². The second-order valence-electron chi connectivity index (χ2n) is 5.94. The Kier molecular flexibility index (Phi) is 5.34. The number of hydrogen-bond acceptors (Lipinski definition) is 5. The van der Waals surface area contributed by atoms with Crippen LogP contribution >= 0.6 is 11.6 Å². The lowest BCUT2D eigenvalue weighted by atomic mass is 10.0. The third-order valence-electron chi connectivity index (χ3n) is 4.31. The van der Waals surface area contributed by atoms with Crippen LogP contribution in [0.3, 0.4) is 0 Å². The number of carbonyl (C=O) groups excluding carboxylic acids is 1. The van der Waals surface area contributed by atoms with Crippen molar-refractivity contribution < 1.29 is 9.72 Å². The number of pyridine rings is 1. The number of carbonyl (C=O) groups is 1. The third-order valence-corrected chi connectivity index (χ3v) is 4.66. The maximum atomic E-state index is 12.8. The summed E-state index contributed by atoms with van der Waals surface area (Å²) >= 11 is 6.27. The molecule has 1 aromatic carbocycles. The van der Waals surface area contributed by atoms with Crippen molar-refractivity contribution in [1.82, 2.24) is 14.8 Å². The van der Waals surface area contributed by atoms with E-state index >= 15 is 0 Å². The van der Waals surface area contributed by atoms with E-state index in [1.807, 2.05) is 18.2 Å². The van der Waals surface area contributed by atoms with Gasteiger partial charge in [-0.1, -0.05) is 29.8 Å². The standard InChI is InChI=1S/C17H17ClN4O4/c18-14-4-2-1-3-13(14)15-9-19-7-8-21(15)17(24)11-20-10-12(22(25)26)5-6-16(20)23/h1-6,10,15,19H,7-9,11H2. The molecular formula is C17H17ClN4O4.